The average molecular weight is 170 g/mol. The quantitative estimate of drug-likeness (QED) is 0.623. The summed E-state index contributed by atoms with van der Waals surface area (Å²) in [7, 11) is 0. The molecule has 0 aromatic carbocycles. The first-order valence-corrected chi connectivity index (χ1v) is 4.95. The van der Waals surface area contributed by atoms with E-state index < -0.39 is 0 Å². The van der Waals surface area contributed by atoms with Crippen LogP contribution in [-0.4, -0.2) is 41.3 Å². The van der Waals surface area contributed by atoms with Gasteiger partial charge in [0.2, 0.25) is 0 Å². The van der Waals surface area contributed by atoms with Crippen molar-refractivity contribution in [1.29, 1.82) is 0 Å². The van der Waals surface area contributed by atoms with E-state index in [2.05, 4.69) is 4.90 Å². The van der Waals surface area contributed by atoms with E-state index in [4.69, 9.17) is 5.73 Å². The molecule has 0 aromatic heterocycles. The van der Waals surface area contributed by atoms with Gasteiger partial charge in [0.05, 0.1) is 6.10 Å². The molecule has 0 unspecified atom stereocenters. The molecule has 12 heavy (non-hydrogen) atoms. The minimum absolute atomic E-state index is 0.314. The molecule has 1 atom stereocenters. The van der Waals surface area contributed by atoms with Gasteiger partial charge < -0.3 is 10.8 Å². The van der Waals surface area contributed by atoms with Crippen molar-refractivity contribution in [3.63, 3.8) is 0 Å². The summed E-state index contributed by atoms with van der Waals surface area (Å²) in [5.41, 5.74) is 5.38. The lowest BCUT2D eigenvalue weighted by atomic mass is 10.0. The molecule has 0 amide bonds. The third-order valence-electron chi connectivity index (χ3n) is 3.30. The lowest BCUT2D eigenvalue weighted by Gasteiger charge is -2.23. The van der Waals surface area contributed by atoms with Gasteiger partial charge in [0.15, 0.2) is 0 Å². The average Bonchev–Trinajstić information content (AvgIpc) is 2.65. The van der Waals surface area contributed by atoms with Crippen LogP contribution in [0, 0.1) is 0 Å². The number of rotatable bonds is 3. The molecule has 3 nitrogen and oxygen atoms in total. The highest BCUT2D eigenvalue weighted by atomic mass is 16.3. The lowest BCUT2D eigenvalue weighted by Crippen LogP contribution is -2.39. The van der Waals surface area contributed by atoms with Crippen molar-refractivity contribution in [2.45, 2.75) is 43.9 Å². The van der Waals surface area contributed by atoms with Crippen LogP contribution < -0.4 is 5.73 Å². The summed E-state index contributed by atoms with van der Waals surface area (Å²) in [5.74, 6) is 0. The van der Waals surface area contributed by atoms with Crippen LogP contribution in [0.25, 0.3) is 0 Å². The van der Waals surface area contributed by atoms with E-state index >= 15 is 0 Å². The van der Waals surface area contributed by atoms with Crippen molar-refractivity contribution in [1.82, 2.24) is 4.90 Å². The summed E-state index contributed by atoms with van der Waals surface area (Å²) < 4.78 is 0. The summed E-state index contributed by atoms with van der Waals surface area (Å²) in [4.78, 5) is 2.46. The van der Waals surface area contributed by atoms with Crippen molar-refractivity contribution in [3.05, 3.63) is 0 Å². The van der Waals surface area contributed by atoms with Gasteiger partial charge in [0.1, 0.15) is 0 Å². The SMILES string of the molecule is NC[C@@H](O)CN1C2CCC1CC2. The zero-order chi connectivity index (χ0) is 8.55. The second-order valence-corrected chi connectivity index (χ2v) is 4.05. The first-order chi connectivity index (χ1) is 5.81. The minimum Gasteiger partial charge on any atom is -0.390 e. The number of fused-ring (bicyclic) bond motifs is 2. The van der Waals surface area contributed by atoms with Gasteiger partial charge in [-0.05, 0) is 25.7 Å². The highest BCUT2D eigenvalue weighted by Crippen LogP contribution is 2.36. The first-order valence-electron chi connectivity index (χ1n) is 4.95. The molecule has 2 saturated heterocycles. The van der Waals surface area contributed by atoms with E-state index in [0.717, 1.165) is 18.6 Å². The van der Waals surface area contributed by atoms with E-state index in [1.165, 1.54) is 25.7 Å². The second-order valence-electron chi connectivity index (χ2n) is 4.05. The van der Waals surface area contributed by atoms with Crippen molar-refractivity contribution in [2.75, 3.05) is 13.1 Å². The molecule has 2 bridgehead atoms. The predicted molar refractivity (Wildman–Crippen MR) is 47.8 cm³/mol. The van der Waals surface area contributed by atoms with Crippen LogP contribution in [-0.2, 0) is 0 Å². The molecule has 2 heterocycles. The number of aliphatic hydroxyl groups is 1. The highest BCUT2D eigenvalue weighted by molar-refractivity contribution is 4.95. The number of nitrogens with two attached hydrogens (primary N) is 1. The van der Waals surface area contributed by atoms with Crippen molar-refractivity contribution in [2.24, 2.45) is 5.73 Å². The molecule has 0 spiro atoms. The van der Waals surface area contributed by atoms with Gasteiger partial charge in [-0.1, -0.05) is 0 Å². The zero-order valence-electron chi connectivity index (χ0n) is 7.45. The van der Waals surface area contributed by atoms with E-state index in [1.807, 2.05) is 0 Å². The second kappa shape index (κ2) is 3.32. The monoisotopic (exact) mass is 170 g/mol. The molecule has 0 aromatic rings. The summed E-state index contributed by atoms with van der Waals surface area (Å²) >= 11 is 0. The van der Waals surface area contributed by atoms with Crippen LogP contribution >= 0.6 is 0 Å². The van der Waals surface area contributed by atoms with Gasteiger partial charge in [-0.3, -0.25) is 4.90 Å². The van der Waals surface area contributed by atoms with Gasteiger partial charge in [0, 0.05) is 25.2 Å². The third-order valence-corrected chi connectivity index (χ3v) is 3.30. The molecular formula is C9H18N2O. The normalized spacial score (nSPS) is 37.5. The molecule has 0 saturated carbocycles. The van der Waals surface area contributed by atoms with Crippen LogP contribution in [0.15, 0.2) is 0 Å². The molecule has 2 fully saturated rings. The van der Waals surface area contributed by atoms with Gasteiger partial charge >= 0.3 is 0 Å². The number of nitrogens with zero attached hydrogens (tertiary/aromatic N) is 1. The molecule has 2 rings (SSSR count). The summed E-state index contributed by atoms with van der Waals surface area (Å²) in [6, 6.07) is 1.52. The van der Waals surface area contributed by atoms with Crippen molar-refractivity contribution < 1.29 is 5.11 Å². The van der Waals surface area contributed by atoms with E-state index in [1.54, 1.807) is 0 Å². The molecule has 0 aliphatic carbocycles. The molecule has 2 aliphatic heterocycles. The minimum atomic E-state index is -0.314. The Labute approximate surface area is 73.5 Å². The topological polar surface area (TPSA) is 49.5 Å². The molecule has 2 aliphatic rings. The van der Waals surface area contributed by atoms with E-state index in [9.17, 15) is 5.11 Å². The summed E-state index contributed by atoms with van der Waals surface area (Å²) in [5, 5.41) is 9.41. The fraction of sp³-hybridized carbons (Fsp3) is 1.00. The molecule has 70 valence electrons. The third kappa shape index (κ3) is 1.37. The lowest BCUT2D eigenvalue weighted by molar-refractivity contribution is 0.109. The Morgan fingerprint density at radius 3 is 2.17 bits per heavy atom. The molecule has 3 N–H and O–H groups in total. The van der Waals surface area contributed by atoms with Gasteiger partial charge in [0.25, 0.3) is 0 Å². The summed E-state index contributed by atoms with van der Waals surface area (Å²) in [6.07, 6.45) is 5.03. The molecule has 0 radical (unpaired) electrons. The fourth-order valence-corrected chi connectivity index (χ4v) is 2.64. The Hall–Kier alpha value is -0.120. The standard InChI is InChI=1S/C9H18N2O/c10-5-9(12)6-11-7-1-2-8(11)4-3-7/h7-9,12H,1-6,10H2/t7?,8?,9-/m1/s1. The zero-order valence-corrected chi connectivity index (χ0v) is 7.45. The molecule has 3 heteroatoms. The van der Waals surface area contributed by atoms with Crippen molar-refractivity contribution in [3.8, 4) is 0 Å². The largest absolute Gasteiger partial charge is 0.390 e. The van der Waals surface area contributed by atoms with Crippen LogP contribution in [0.4, 0.5) is 0 Å². The Morgan fingerprint density at radius 2 is 1.75 bits per heavy atom. The molecular weight excluding hydrogens is 152 g/mol. The van der Waals surface area contributed by atoms with Gasteiger partial charge in [-0.2, -0.15) is 0 Å². The van der Waals surface area contributed by atoms with Crippen LogP contribution in [0.2, 0.25) is 0 Å². The number of hydrogen-bond acceptors (Lipinski definition) is 3. The van der Waals surface area contributed by atoms with E-state index in [-0.39, 0.29) is 6.10 Å². The first kappa shape index (κ1) is 8.48. The maximum absolute atomic E-state index is 9.41. The number of hydrogen-bond donors (Lipinski definition) is 2. The Kier molecular flexibility index (Phi) is 2.35. The Morgan fingerprint density at radius 1 is 1.25 bits per heavy atom. The summed E-state index contributed by atoms with van der Waals surface area (Å²) in [6.45, 7) is 1.20. The van der Waals surface area contributed by atoms with Gasteiger partial charge in [-0.15, -0.1) is 0 Å². The Balaban J connectivity index is 1.88. The smallest absolute Gasteiger partial charge is 0.0789 e. The predicted octanol–water partition coefficient (Wildman–Crippen LogP) is -0.0672. The van der Waals surface area contributed by atoms with Gasteiger partial charge in [-0.25, -0.2) is 0 Å². The van der Waals surface area contributed by atoms with Crippen molar-refractivity contribution >= 4 is 0 Å². The maximum Gasteiger partial charge on any atom is 0.0789 e. The van der Waals surface area contributed by atoms with Crippen LogP contribution in [0.1, 0.15) is 25.7 Å². The fourth-order valence-electron chi connectivity index (χ4n) is 2.64. The van der Waals surface area contributed by atoms with E-state index in [0.29, 0.717) is 6.54 Å². The Bertz CT molecular complexity index is 143. The number of aliphatic hydroxyl groups excluding tert-OH is 1. The highest BCUT2D eigenvalue weighted by Gasteiger charge is 2.39. The maximum atomic E-state index is 9.41. The van der Waals surface area contributed by atoms with Crippen LogP contribution in [0.5, 0.6) is 0 Å². The van der Waals surface area contributed by atoms with Crippen LogP contribution in [0.3, 0.4) is 0 Å².